The number of hydrogen-bond donors (Lipinski definition) is 1. The van der Waals surface area contributed by atoms with Crippen LogP contribution in [0.15, 0.2) is 43.0 Å². The molecule has 1 aromatic carbocycles. The summed E-state index contributed by atoms with van der Waals surface area (Å²) in [4.78, 5) is 12.5. The predicted octanol–water partition coefficient (Wildman–Crippen LogP) is 2.69. The maximum Gasteiger partial charge on any atom is 0.217 e. The molecule has 0 aliphatic heterocycles. The Morgan fingerprint density at radius 2 is 1.90 bits per heavy atom. The Morgan fingerprint density at radius 1 is 1.30 bits per heavy atom. The van der Waals surface area contributed by atoms with E-state index < -0.39 is 0 Å². The third kappa shape index (κ3) is 3.56. The van der Waals surface area contributed by atoms with Gasteiger partial charge in [0.15, 0.2) is 6.04 Å². The van der Waals surface area contributed by atoms with E-state index in [1.807, 2.05) is 30.3 Å². The van der Waals surface area contributed by atoms with Crippen LogP contribution in [-0.2, 0) is 4.79 Å². The highest BCUT2D eigenvalue weighted by Gasteiger charge is 2.38. The van der Waals surface area contributed by atoms with Crippen molar-refractivity contribution in [1.29, 1.82) is 0 Å². The summed E-state index contributed by atoms with van der Waals surface area (Å²) >= 11 is 0. The topological polar surface area (TPSA) is 43.1 Å². The van der Waals surface area contributed by atoms with Crippen molar-refractivity contribution in [2.24, 2.45) is 5.73 Å². The Kier molecular flexibility index (Phi) is 6.62. The molecule has 0 aliphatic rings. The second-order valence-corrected chi connectivity index (χ2v) is 5.14. The third-order valence-corrected chi connectivity index (χ3v) is 4.20. The first-order valence-corrected chi connectivity index (χ1v) is 7.42. The molecule has 0 heterocycles. The highest BCUT2D eigenvalue weighted by atomic mass is 16.1. The summed E-state index contributed by atoms with van der Waals surface area (Å²) in [5.74, 6) is 0.0944. The summed E-state index contributed by atoms with van der Waals surface area (Å²) in [7, 11) is 0. The van der Waals surface area contributed by atoms with E-state index in [2.05, 4.69) is 20.4 Å². The fourth-order valence-corrected chi connectivity index (χ4v) is 2.94. The molecule has 1 aromatic rings. The average molecular weight is 275 g/mol. The molecule has 1 rings (SSSR count). The van der Waals surface area contributed by atoms with Crippen molar-refractivity contribution in [3.8, 4) is 0 Å². The van der Waals surface area contributed by atoms with Gasteiger partial charge in [0, 0.05) is 12.0 Å². The Morgan fingerprint density at radius 3 is 2.35 bits per heavy atom. The van der Waals surface area contributed by atoms with Crippen molar-refractivity contribution >= 4 is 5.78 Å². The Hall–Kier alpha value is -1.45. The Balaban J connectivity index is 3.25. The second-order valence-electron chi connectivity index (χ2n) is 5.14. The van der Waals surface area contributed by atoms with Crippen LogP contribution in [0.1, 0.15) is 31.9 Å². The normalized spacial score (nSPS) is 12.9. The van der Waals surface area contributed by atoms with Crippen molar-refractivity contribution < 1.29 is 9.28 Å². The lowest BCUT2D eigenvalue weighted by Crippen LogP contribution is -2.53. The summed E-state index contributed by atoms with van der Waals surface area (Å²) in [6, 6.07) is 9.85. The number of quaternary nitrogens is 1. The molecule has 110 valence electrons. The fourth-order valence-electron chi connectivity index (χ4n) is 2.94. The van der Waals surface area contributed by atoms with Crippen LogP contribution in [0.25, 0.3) is 0 Å². The van der Waals surface area contributed by atoms with E-state index in [9.17, 15) is 4.79 Å². The molecule has 0 saturated carbocycles. The minimum atomic E-state index is -0.171. The number of benzene rings is 1. The molecule has 0 aromatic heterocycles. The minimum Gasteiger partial charge on any atom is -0.330 e. The SMILES string of the molecule is C=CC(=O)C(c1ccccc1)[N+](CC)(CC)CCCN. The largest absolute Gasteiger partial charge is 0.330 e. The zero-order chi connectivity index (χ0) is 15.0. The highest BCUT2D eigenvalue weighted by molar-refractivity contribution is 5.93. The van der Waals surface area contributed by atoms with Crippen LogP contribution in [0.4, 0.5) is 0 Å². The van der Waals surface area contributed by atoms with Gasteiger partial charge in [-0.05, 0) is 26.5 Å². The number of carbonyl (C=O) groups excluding carboxylic acids is 1. The van der Waals surface area contributed by atoms with Crippen LogP contribution < -0.4 is 5.73 Å². The lowest BCUT2D eigenvalue weighted by atomic mass is 9.97. The smallest absolute Gasteiger partial charge is 0.217 e. The summed E-state index contributed by atoms with van der Waals surface area (Å²) in [6.45, 7) is 11.4. The van der Waals surface area contributed by atoms with Gasteiger partial charge >= 0.3 is 0 Å². The molecule has 0 amide bonds. The predicted molar refractivity (Wildman–Crippen MR) is 84.3 cm³/mol. The van der Waals surface area contributed by atoms with Crippen LogP contribution in [0.5, 0.6) is 0 Å². The van der Waals surface area contributed by atoms with Crippen molar-refractivity contribution in [3.63, 3.8) is 0 Å². The molecule has 0 bridgehead atoms. The molecule has 0 saturated heterocycles. The van der Waals surface area contributed by atoms with E-state index in [0.717, 1.165) is 36.1 Å². The highest BCUT2D eigenvalue weighted by Crippen LogP contribution is 2.30. The lowest BCUT2D eigenvalue weighted by Gasteiger charge is -2.42. The molecule has 1 atom stereocenters. The zero-order valence-electron chi connectivity index (χ0n) is 12.7. The molecule has 0 spiro atoms. The summed E-state index contributed by atoms with van der Waals surface area (Å²) in [5, 5.41) is 0. The molecule has 0 fully saturated rings. The third-order valence-electron chi connectivity index (χ3n) is 4.20. The average Bonchev–Trinajstić information content (AvgIpc) is 2.52. The molecular formula is C17H27N2O+. The van der Waals surface area contributed by atoms with Gasteiger partial charge in [0.25, 0.3) is 0 Å². The molecule has 1 unspecified atom stereocenters. The van der Waals surface area contributed by atoms with Gasteiger partial charge in [-0.3, -0.25) is 4.79 Å². The summed E-state index contributed by atoms with van der Waals surface area (Å²) in [5.41, 5.74) is 6.75. The Bertz CT molecular complexity index is 424. The van der Waals surface area contributed by atoms with E-state index >= 15 is 0 Å². The van der Waals surface area contributed by atoms with Crippen LogP contribution in [0, 0.1) is 0 Å². The van der Waals surface area contributed by atoms with Gasteiger partial charge in [0.2, 0.25) is 5.78 Å². The van der Waals surface area contributed by atoms with Gasteiger partial charge in [0.05, 0.1) is 19.6 Å². The van der Waals surface area contributed by atoms with Crippen LogP contribution in [0.3, 0.4) is 0 Å². The molecule has 2 N–H and O–H groups in total. The first-order chi connectivity index (χ1) is 9.65. The molecule has 0 aliphatic carbocycles. The van der Waals surface area contributed by atoms with E-state index in [4.69, 9.17) is 5.73 Å². The Labute approximate surface area is 122 Å². The van der Waals surface area contributed by atoms with Crippen molar-refractivity contribution in [1.82, 2.24) is 0 Å². The number of hydrogen-bond acceptors (Lipinski definition) is 2. The maximum absolute atomic E-state index is 12.5. The summed E-state index contributed by atoms with van der Waals surface area (Å²) in [6.07, 6.45) is 2.38. The first kappa shape index (κ1) is 16.6. The van der Waals surface area contributed by atoms with Crippen LogP contribution >= 0.6 is 0 Å². The number of carbonyl (C=O) groups is 1. The van der Waals surface area contributed by atoms with E-state index in [-0.39, 0.29) is 11.8 Å². The van der Waals surface area contributed by atoms with E-state index in [1.165, 1.54) is 6.08 Å². The van der Waals surface area contributed by atoms with Crippen LogP contribution in [-0.4, -0.2) is 36.4 Å². The molecule has 0 radical (unpaired) electrons. The van der Waals surface area contributed by atoms with Gasteiger partial charge in [-0.25, -0.2) is 0 Å². The first-order valence-electron chi connectivity index (χ1n) is 7.42. The molecule has 3 heteroatoms. The van der Waals surface area contributed by atoms with Gasteiger partial charge in [-0.1, -0.05) is 36.9 Å². The second kappa shape index (κ2) is 7.98. The molecule has 3 nitrogen and oxygen atoms in total. The minimum absolute atomic E-state index is 0.0944. The fraction of sp³-hybridized carbons (Fsp3) is 0.471. The number of nitrogens with zero attached hydrogens (tertiary/aromatic N) is 1. The van der Waals surface area contributed by atoms with Crippen LogP contribution in [0.2, 0.25) is 0 Å². The summed E-state index contributed by atoms with van der Waals surface area (Å²) < 4.78 is 0.742. The van der Waals surface area contributed by atoms with E-state index in [1.54, 1.807) is 0 Å². The van der Waals surface area contributed by atoms with Gasteiger partial charge < -0.3 is 10.2 Å². The number of nitrogens with two attached hydrogens (primary N) is 1. The standard InChI is InChI=1S/C17H27N2O/c1-4-16(20)17(15-11-8-7-9-12-15)19(5-2,6-3)14-10-13-18/h4,7-9,11-12,17H,1,5-6,10,13-14,18H2,2-3H3/q+1. The number of ketones is 1. The van der Waals surface area contributed by atoms with Gasteiger partial charge in [0.1, 0.15) is 0 Å². The van der Waals surface area contributed by atoms with Crippen molar-refractivity contribution in [2.75, 3.05) is 26.2 Å². The number of rotatable bonds is 9. The lowest BCUT2D eigenvalue weighted by molar-refractivity contribution is -0.945. The maximum atomic E-state index is 12.5. The molecular weight excluding hydrogens is 248 g/mol. The van der Waals surface area contributed by atoms with Crippen molar-refractivity contribution in [3.05, 3.63) is 48.6 Å². The zero-order valence-corrected chi connectivity index (χ0v) is 12.7. The van der Waals surface area contributed by atoms with Gasteiger partial charge in [-0.2, -0.15) is 0 Å². The quantitative estimate of drug-likeness (QED) is 0.556. The molecule has 20 heavy (non-hydrogen) atoms. The monoisotopic (exact) mass is 275 g/mol. The van der Waals surface area contributed by atoms with Gasteiger partial charge in [-0.15, -0.1) is 0 Å². The number of likely N-dealkylation sites (N-methyl/N-ethyl adjacent to an activating group) is 1. The van der Waals surface area contributed by atoms with Crippen molar-refractivity contribution in [2.45, 2.75) is 26.3 Å². The van der Waals surface area contributed by atoms with E-state index in [0.29, 0.717) is 6.54 Å².